The van der Waals surface area contributed by atoms with Gasteiger partial charge in [-0.3, -0.25) is 4.98 Å². The molecule has 0 amide bonds. The Morgan fingerprint density at radius 3 is 1.94 bits per heavy atom. The van der Waals surface area contributed by atoms with Gasteiger partial charge in [-0.2, -0.15) is 0 Å². The first-order valence-corrected chi connectivity index (χ1v) is 13.3. The van der Waals surface area contributed by atoms with Crippen molar-refractivity contribution < 1.29 is 19.0 Å². The van der Waals surface area contributed by atoms with Gasteiger partial charge in [-0.15, -0.1) is 0 Å². The summed E-state index contributed by atoms with van der Waals surface area (Å²) < 4.78 is 17.0. The predicted octanol–water partition coefficient (Wildman–Crippen LogP) is 7.61. The van der Waals surface area contributed by atoms with Gasteiger partial charge in [-0.05, 0) is 79.8 Å². The summed E-state index contributed by atoms with van der Waals surface area (Å²) in [5, 5.41) is 0. The maximum Gasteiger partial charge on any atom is 0.343 e. The van der Waals surface area contributed by atoms with Crippen molar-refractivity contribution in [2.24, 2.45) is 0 Å². The van der Waals surface area contributed by atoms with E-state index in [1.165, 1.54) is 32.1 Å². The fourth-order valence-corrected chi connectivity index (χ4v) is 3.75. The van der Waals surface area contributed by atoms with Gasteiger partial charge in [-0.1, -0.05) is 58.1 Å². The number of aryl methyl sites for hydroxylation is 2. The largest absolute Gasteiger partial charge is 0.494 e. The van der Waals surface area contributed by atoms with Crippen molar-refractivity contribution in [3.63, 3.8) is 0 Å². The van der Waals surface area contributed by atoms with E-state index in [-0.39, 0.29) is 5.97 Å². The average Bonchev–Trinajstić information content (AvgIpc) is 2.91. The minimum Gasteiger partial charge on any atom is -0.494 e. The number of pyridine rings is 1. The number of ether oxygens (including phenoxy) is 3. The summed E-state index contributed by atoms with van der Waals surface area (Å²) in [7, 11) is 0. The molecule has 0 aliphatic rings. The molecule has 0 saturated carbocycles. The van der Waals surface area contributed by atoms with Crippen molar-refractivity contribution in [3.05, 3.63) is 83.7 Å². The summed E-state index contributed by atoms with van der Waals surface area (Å²) in [5.74, 6) is 1.75. The number of carbonyl (C=O) groups is 1. The number of hydrogen-bond acceptors (Lipinski definition) is 5. The Kier molecular flexibility index (Phi) is 11.8. The lowest BCUT2D eigenvalue weighted by Crippen LogP contribution is -2.08. The average molecular weight is 490 g/mol. The van der Waals surface area contributed by atoms with Crippen LogP contribution < -0.4 is 14.2 Å². The molecule has 0 radical (unpaired) electrons. The van der Waals surface area contributed by atoms with Crippen molar-refractivity contribution >= 4 is 5.97 Å². The van der Waals surface area contributed by atoms with Crippen LogP contribution in [0.25, 0.3) is 0 Å². The molecule has 1 aromatic heterocycles. The molecular formula is C31H39NO4. The Labute approximate surface area is 215 Å². The number of aromatic nitrogens is 1. The van der Waals surface area contributed by atoms with Gasteiger partial charge in [0.25, 0.3) is 0 Å². The maximum atomic E-state index is 12.5. The highest BCUT2D eigenvalue weighted by atomic mass is 16.5. The van der Waals surface area contributed by atoms with Crippen molar-refractivity contribution in [2.75, 3.05) is 13.2 Å². The smallest absolute Gasteiger partial charge is 0.343 e. The second-order valence-corrected chi connectivity index (χ2v) is 9.01. The minimum atomic E-state index is -0.376. The van der Waals surface area contributed by atoms with E-state index in [9.17, 15) is 4.79 Å². The summed E-state index contributed by atoms with van der Waals surface area (Å²) in [6, 6.07) is 18.8. The van der Waals surface area contributed by atoms with Crippen molar-refractivity contribution in [3.8, 4) is 17.2 Å². The van der Waals surface area contributed by atoms with E-state index < -0.39 is 0 Å². The van der Waals surface area contributed by atoms with Crippen LogP contribution in [0.3, 0.4) is 0 Å². The zero-order valence-corrected chi connectivity index (χ0v) is 21.7. The standard InChI is InChI=1S/C31H39NO4/c1-3-5-7-9-23-34-28-19-13-26(14-20-28)31(33)36-29-17-11-25(12-18-29)10-15-27-16-21-30(24-32-27)35-22-8-6-4-2/h11-14,16-21,24H,3-10,15,22-23H2,1-2H3. The van der Waals surface area contributed by atoms with E-state index >= 15 is 0 Å². The maximum absolute atomic E-state index is 12.5. The topological polar surface area (TPSA) is 57.7 Å². The number of unbranched alkanes of at least 4 members (excludes halogenated alkanes) is 5. The molecule has 3 rings (SSSR count). The van der Waals surface area contributed by atoms with E-state index in [0.29, 0.717) is 17.9 Å². The van der Waals surface area contributed by atoms with Gasteiger partial charge >= 0.3 is 5.97 Å². The second kappa shape index (κ2) is 15.6. The van der Waals surface area contributed by atoms with Gasteiger partial charge in [0.1, 0.15) is 17.2 Å². The van der Waals surface area contributed by atoms with E-state index in [0.717, 1.165) is 55.0 Å². The Morgan fingerprint density at radius 1 is 0.667 bits per heavy atom. The molecule has 0 aliphatic carbocycles. The fraction of sp³-hybridized carbons (Fsp3) is 0.419. The van der Waals surface area contributed by atoms with Crippen LogP contribution in [0, 0.1) is 0 Å². The van der Waals surface area contributed by atoms with Crippen LogP contribution in [0.15, 0.2) is 66.9 Å². The first-order chi connectivity index (χ1) is 17.7. The van der Waals surface area contributed by atoms with Crippen molar-refractivity contribution in [2.45, 2.75) is 71.6 Å². The highest BCUT2D eigenvalue weighted by Crippen LogP contribution is 2.18. The van der Waals surface area contributed by atoms with Gasteiger partial charge in [0.2, 0.25) is 0 Å². The number of nitrogens with zero attached hydrogens (tertiary/aromatic N) is 1. The Hall–Kier alpha value is -3.34. The van der Waals surface area contributed by atoms with Crippen LogP contribution >= 0.6 is 0 Å². The predicted molar refractivity (Wildman–Crippen MR) is 144 cm³/mol. The third kappa shape index (κ3) is 9.73. The summed E-state index contributed by atoms with van der Waals surface area (Å²) in [6.45, 7) is 5.82. The third-order valence-electron chi connectivity index (χ3n) is 5.97. The van der Waals surface area contributed by atoms with Crippen molar-refractivity contribution in [1.82, 2.24) is 4.98 Å². The van der Waals surface area contributed by atoms with Crippen molar-refractivity contribution in [1.29, 1.82) is 0 Å². The van der Waals surface area contributed by atoms with E-state index in [2.05, 4.69) is 18.8 Å². The molecule has 192 valence electrons. The number of carbonyl (C=O) groups excluding carboxylic acids is 1. The molecule has 36 heavy (non-hydrogen) atoms. The van der Waals surface area contributed by atoms with Crippen LogP contribution in [0.1, 0.15) is 80.4 Å². The molecule has 2 aromatic carbocycles. The quantitative estimate of drug-likeness (QED) is 0.118. The zero-order valence-electron chi connectivity index (χ0n) is 21.7. The Balaban J connectivity index is 1.40. The molecule has 0 bridgehead atoms. The Morgan fingerprint density at radius 2 is 1.28 bits per heavy atom. The van der Waals surface area contributed by atoms with Gasteiger partial charge in [0.15, 0.2) is 0 Å². The molecule has 0 saturated heterocycles. The minimum absolute atomic E-state index is 0.376. The molecular weight excluding hydrogens is 450 g/mol. The number of rotatable bonds is 16. The molecule has 3 aromatic rings. The van der Waals surface area contributed by atoms with E-state index in [1.54, 1.807) is 18.3 Å². The molecule has 5 nitrogen and oxygen atoms in total. The van der Waals surface area contributed by atoms with Gasteiger partial charge < -0.3 is 14.2 Å². The molecule has 0 atom stereocenters. The number of hydrogen-bond donors (Lipinski definition) is 0. The van der Waals surface area contributed by atoms with E-state index in [1.807, 2.05) is 48.5 Å². The monoisotopic (exact) mass is 489 g/mol. The second-order valence-electron chi connectivity index (χ2n) is 9.01. The lowest BCUT2D eigenvalue weighted by molar-refractivity contribution is 0.0734. The summed E-state index contributed by atoms with van der Waals surface area (Å²) in [5.41, 5.74) is 2.69. The summed E-state index contributed by atoms with van der Waals surface area (Å²) >= 11 is 0. The lowest BCUT2D eigenvalue weighted by atomic mass is 10.1. The molecule has 0 unspecified atom stereocenters. The van der Waals surface area contributed by atoms with Crippen LogP contribution in [-0.2, 0) is 12.8 Å². The van der Waals surface area contributed by atoms with Crippen LogP contribution in [0.2, 0.25) is 0 Å². The molecule has 0 fully saturated rings. The highest BCUT2D eigenvalue weighted by Gasteiger charge is 2.09. The van der Waals surface area contributed by atoms with E-state index in [4.69, 9.17) is 14.2 Å². The van der Waals surface area contributed by atoms with Gasteiger partial charge in [0, 0.05) is 5.69 Å². The van der Waals surface area contributed by atoms with Crippen LogP contribution in [-0.4, -0.2) is 24.2 Å². The molecule has 0 spiro atoms. The first-order valence-electron chi connectivity index (χ1n) is 13.3. The van der Waals surface area contributed by atoms with Gasteiger partial charge in [0.05, 0.1) is 25.0 Å². The number of esters is 1. The highest BCUT2D eigenvalue weighted by molar-refractivity contribution is 5.91. The summed E-state index contributed by atoms with van der Waals surface area (Å²) in [4.78, 5) is 17.0. The van der Waals surface area contributed by atoms with Crippen LogP contribution in [0.5, 0.6) is 17.2 Å². The third-order valence-corrected chi connectivity index (χ3v) is 5.97. The fourth-order valence-electron chi connectivity index (χ4n) is 3.75. The molecule has 1 heterocycles. The van der Waals surface area contributed by atoms with Crippen LogP contribution in [0.4, 0.5) is 0 Å². The Bertz CT molecular complexity index is 1010. The normalized spacial score (nSPS) is 10.7. The molecule has 5 heteroatoms. The lowest BCUT2D eigenvalue weighted by Gasteiger charge is -2.08. The SMILES string of the molecule is CCCCCCOc1ccc(C(=O)Oc2ccc(CCc3ccc(OCCCCC)cn3)cc2)cc1. The van der Waals surface area contributed by atoms with Gasteiger partial charge in [-0.25, -0.2) is 4.79 Å². The molecule has 0 N–H and O–H groups in total. The number of benzene rings is 2. The summed E-state index contributed by atoms with van der Waals surface area (Å²) in [6.07, 6.45) is 11.6. The zero-order chi connectivity index (χ0) is 25.4. The first kappa shape index (κ1) is 27.3. The molecule has 0 aliphatic heterocycles.